The summed E-state index contributed by atoms with van der Waals surface area (Å²) >= 11 is 0. The minimum Gasteiger partial charge on any atom is -0.345 e. The fourth-order valence-corrected chi connectivity index (χ4v) is 2.78. The van der Waals surface area contributed by atoms with Crippen molar-refractivity contribution >= 4 is 5.91 Å². The lowest BCUT2D eigenvalue weighted by molar-refractivity contribution is -0.131. The Bertz CT molecular complexity index is 413. The maximum absolute atomic E-state index is 12.4. The molecule has 1 aromatic carbocycles. The molecule has 0 saturated carbocycles. The van der Waals surface area contributed by atoms with Crippen LogP contribution in [0.15, 0.2) is 24.3 Å². The zero-order valence-corrected chi connectivity index (χ0v) is 11.5. The molecule has 0 aromatic heterocycles. The number of carbonyl (C=O) groups is 1. The van der Waals surface area contributed by atoms with Crippen LogP contribution >= 0.6 is 0 Å². The molecule has 1 atom stereocenters. The highest BCUT2D eigenvalue weighted by Gasteiger charge is 2.28. The SMILES string of the molecule is CCCCCC1C(=O)N(C)CCc2ccccc21. The van der Waals surface area contributed by atoms with Crippen molar-refractivity contribution in [1.82, 2.24) is 4.90 Å². The summed E-state index contributed by atoms with van der Waals surface area (Å²) in [6.07, 6.45) is 5.56. The summed E-state index contributed by atoms with van der Waals surface area (Å²) in [5, 5.41) is 0. The molecular formula is C16H23NO. The largest absolute Gasteiger partial charge is 0.345 e. The van der Waals surface area contributed by atoms with Gasteiger partial charge in [-0.15, -0.1) is 0 Å². The first-order chi connectivity index (χ1) is 8.74. The average molecular weight is 245 g/mol. The molecule has 0 N–H and O–H groups in total. The quantitative estimate of drug-likeness (QED) is 0.745. The van der Waals surface area contributed by atoms with E-state index < -0.39 is 0 Å². The third-order valence-corrected chi connectivity index (χ3v) is 3.92. The fraction of sp³-hybridized carbons (Fsp3) is 0.562. The molecule has 1 unspecified atom stereocenters. The normalized spacial score (nSPS) is 19.6. The lowest BCUT2D eigenvalue weighted by atomic mass is 9.89. The molecule has 1 aliphatic heterocycles. The Kier molecular flexibility index (Phi) is 4.40. The molecule has 2 rings (SSSR count). The van der Waals surface area contributed by atoms with Gasteiger partial charge in [0.1, 0.15) is 0 Å². The van der Waals surface area contributed by atoms with Crippen LogP contribution < -0.4 is 0 Å². The van der Waals surface area contributed by atoms with Gasteiger partial charge in [0.25, 0.3) is 0 Å². The van der Waals surface area contributed by atoms with E-state index >= 15 is 0 Å². The Morgan fingerprint density at radius 2 is 2.06 bits per heavy atom. The molecule has 0 bridgehead atoms. The number of rotatable bonds is 4. The Balaban J connectivity index is 2.23. The van der Waals surface area contributed by atoms with Gasteiger partial charge in [-0.25, -0.2) is 0 Å². The zero-order chi connectivity index (χ0) is 13.0. The van der Waals surface area contributed by atoms with E-state index in [2.05, 4.69) is 31.2 Å². The van der Waals surface area contributed by atoms with Crippen LogP contribution in [-0.2, 0) is 11.2 Å². The third-order valence-electron chi connectivity index (χ3n) is 3.92. The van der Waals surface area contributed by atoms with E-state index in [4.69, 9.17) is 0 Å². The van der Waals surface area contributed by atoms with Crippen molar-refractivity contribution < 1.29 is 4.79 Å². The van der Waals surface area contributed by atoms with Gasteiger partial charge >= 0.3 is 0 Å². The molecule has 0 aliphatic carbocycles. The van der Waals surface area contributed by atoms with E-state index in [-0.39, 0.29) is 5.92 Å². The van der Waals surface area contributed by atoms with Crippen molar-refractivity contribution in [3.63, 3.8) is 0 Å². The van der Waals surface area contributed by atoms with E-state index in [9.17, 15) is 4.79 Å². The molecule has 0 saturated heterocycles. The van der Waals surface area contributed by atoms with Crippen molar-refractivity contribution in [3.05, 3.63) is 35.4 Å². The molecule has 2 heteroatoms. The standard InChI is InChI=1S/C16H23NO/c1-3-4-5-10-15-14-9-7-6-8-13(14)11-12-17(2)16(15)18/h6-9,15H,3-5,10-12H2,1-2H3. The number of likely N-dealkylation sites (N-methyl/N-ethyl adjacent to an activating group) is 1. The number of nitrogens with zero attached hydrogens (tertiary/aromatic N) is 1. The van der Waals surface area contributed by atoms with Gasteiger partial charge in [0.05, 0.1) is 5.92 Å². The second kappa shape index (κ2) is 6.03. The van der Waals surface area contributed by atoms with E-state index in [1.807, 2.05) is 11.9 Å². The first kappa shape index (κ1) is 13.1. The van der Waals surface area contributed by atoms with Crippen LogP contribution in [0.25, 0.3) is 0 Å². The van der Waals surface area contributed by atoms with E-state index in [1.54, 1.807) is 0 Å². The van der Waals surface area contributed by atoms with Crippen molar-refractivity contribution in [2.45, 2.75) is 44.9 Å². The summed E-state index contributed by atoms with van der Waals surface area (Å²) in [6.45, 7) is 3.05. The smallest absolute Gasteiger partial charge is 0.229 e. The van der Waals surface area contributed by atoms with Crippen molar-refractivity contribution in [2.75, 3.05) is 13.6 Å². The molecule has 98 valence electrons. The maximum atomic E-state index is 12.4. The number of fused-ring (bicyclic) bond motifs is 1. The summed E-state index contributed by atoms with van der Waals surface area (Å²) in [5.74, 6) is 0.385. The molecule has 1 amide bonds. The van der Waals surface area contributed by atoms with Gasteiger partial charge in [-0.05, 0) is 24.0 Å². The lowest BCUT2D eigenvalue weighted by Gasteiger charge is -2.20. The first-order valence-corrected chi connectivity index (χ1v) is 7.06. The predicted octanol–water partition coefficient (Wildman–Crippen LogP) is 3.37. The lowest BCUT2D eigenvalue weighted by Crippen LogP contribution is -2.30. The Morgan fingerprint density at radius 3 is 2.83 bits per heavy atom. The molecule has 2 nitrogen and oxygen atoms in total. The van der Waals surface area contributed by atoms with E-state index in [0.29, 0.717) is 5.91 Å². The monoisotopic (exact) mass is 245 g/mol. The Labute approximate surface area is 110 Å². The molecular weight excluding hydrogens is 222 g/mol. The average Bonchev–Trinajstić information content (AvgIpc) is 2.51. The fourth-order valence-electron chi connectivity index (χ4n) is 2.78. The number of unbranched alkanes of at least 4 members (excludes halogenated alkanes) is 2. The van der Waals surface area contributed by atoms with Crippen LogP contribution in [-0.4, -0.2) is 24.4 Å². The molecule has 1 aliphatic rings. The van der Waals surface area contributed by atoms with Crippen LogP contribution in [0, 0.1) is 0 Å². The highest BCUT2D eigenvalue weighted by atomic mass is 16.2. The van der Waals surface area contributed by atoms with Gasteiger partial charge in [0.15, 0.2) is 0 Å². The van der Waals surface area contributed by atoms with Gasteiger partial charge in [0, 0.05) is 13.6 Å². The third kappa shape index (κ3) is 2.74. The maximum Gasteiger partial charge on any atom is 0.229 e. The van der Waals surface area contributed by atoms with Gasteiger partial charge in [-0.3, -0.25) is 4.79 Å². The van der Waals surface area contributed by atoms with Crippen LogP contribution in [0.1, 0.15) is 49.7 Å². The minimum absolute atomic E-state index is 0.0836. The Morgan fingerprint density at radius 1 is 1.28 bits per heavy atom. The van der Waals surface area contributed by atoms with E-state index in [1.165, 1.54) is 24.0 Å². The van der Waals surface area contributed by atoms with Crippen molar-refractivity contribution in [2.24, 2.45) is 0 Å². The number of hydrogen-bond donors (Lipinski definition) is 0. The van der Waals surface area contributed by atoms with Crippen molar-refractivity contribution in [3.8, 4) is 0 Å². The molecule has 1 heterocycles. The van der Waals surface area contributed by atoms with Crippen LogP contribution in [0.3, 0.4) is 0 Å². The number of carbonyl (C=O) groups excluding carboxylic acids is 1. The van der Waals surface area contributed by atoms with Crippen molar-refractivity contribution in [1.29, 1.82) is 0 Å². The minimum atomic E-state index is 0.0836. The summed E-state index contributed by atoms with van der Waals surface area (Å²) in [6, 6.07) is 8.46. The first-order valence-electron chi connectivity index (χ1n) is 7.06. The Hall–Kier alpha value is -1.31. The highest BCUT2D eigenvalue weighted by Crippen LogP contribution is 2.30. The van der Waals surface area contributed by atoms with Gasteiger partial charge in [-0.2, -0.15) is 0 Å². The van der Waals surface area contributed by atoms with Crippen LogP contribution in [0.2, 0.25) is 0 Å². The molecule has 0 spiro atoms. The summed E-state index contributed by atoms with van der Waals surface area (Å²) in [5.41, 5.74) is 2.62. The molecule has 18 heavy (non-hydrogen) atoms. The molecule has 0 fully saturated rings. The van der Waals surface area contributed by atoms with E-state index in [0.717, 1.165) is 25.8 Å². The number of amides is 1. The van der Waals surface area contributed by atoms with Crippen LogP contribution in [0.4, 0.5) is 0 Å². The molecule has 1 aromatic rings. The highest BCUT2D eigenvalue weighted by molar-refractivity contribution is 5.84. The molecule has 0 radical (unpaired) electrons. The summed E-state index contributed by atoms with van der Waals surface area (Å²) < 4.78 is 0. The summed E-state index contributed by atoms with van der Waals surface area (Å²) in [7, 11) is 1.93. The van der Waals surface area contributed by atoms with Gasteiger partial charge < -0.3 is 4.90 Å². The zero-order valence-electron chi connectivity index (χ0n) is 11.5. The number of hydrogen-bond acceptors (Lipinski definition) is 1. The number of benzene rings is 1. The topological polar surface area (TPSA) is 20.3 Å². The van der Waals surface area contributed by atoms with Gasteiger partial charge in [0.2, 0.25) is 5.91 Å². The predicted molar refractivity (Wildman–Crippen MR) is 74.7 cm³/mol. The van der Waals surface area contributed by atoms with Gasteiger partial charge in [-0.1, -0.05) is 50.5 Å². The van der Waals surface area contributed by atoms with Crippen LogP contribution in [0.5, 0.6) is 0 Å². The second-order valence-corrected chi connectivity index (χ2v) is 5.26. The second-order valence-electron chi connectivity index (χ2n) is 5.26. The summed E-state index contributed by atoms with van der Waals surface area (Å²) in [4.78, 5) is 14.3.